The van der Waals surface area contributed by atoms with Crippen molar-refractivity contribution in [2.75, 3.05) is 0 Å². The summed E-state index contributed by atoms with van der Waals surface area (Å²) in [4.78, 5) is 26.7. The van der Waals surface area contributed by atoms with Gasteiger partial charge in [-0.05, 0) is 23.3 Å². The van der Waals surface area contributed by atoms with Crippen LogP contribution in [-0.4, -0.2) is 22.2 Å². The molecule has 0 radical (unpaired) electrons. The number of carbonyl (C=O) groups is 2. The molecule has 0 aliphatic rings. The Morgan fingerprint density at radius 3 is 2.43 bits per heavy atom. The maximum absolute atomic E-state index is 11.7. The fraction of sp³-hybridized carbons (Fsp3) is 0.133. The van der Waals surface area contributed by atoms with E-state index in [1.165, 1.54) is 24.5 Å². The van der Waals surface area contributed by atoms with E-state index in [0.29, 0.717) is 5.56 Å². The molecular weight excluding hydrogens is 272 g/mol. The quantitative estimate of drug-likeness (QED) is 0.879. The molecule has 0 aliphatic carbocycles. The summed E-state index contributed by atoms with van der Waals surface area (Å²) in [6.45, 7) is 0.0787. The summed E-state index contributed by atoms with van der Waals surface area (Å²) in [6, 6.07) is 11.0. The van der Waals surface area contributed by atoms with Gasteiger partial charge in [-0.15, -0.1) is 0 Å². The van der Waals surface area contributed by atoms with Gasteiger partial charge in [0.15, 0.2) is 6.04 Å². The fourth-order valence-electron chi connectivity index (χ4n) is 1.73. The molecule has 1 atom stereocenters. The van der Waals surface area contributed by atoms with Gasteiger partial charge in [0.1, 0.15) is 6.61 Å². The average Bonchev–Trinajstić information content (AvgIpc) is 2.52. The first-order valence-corrected chi connectivity index (χ1v) is 6.27. The molecule has 2 aromatic rings. The maximum Gasteiger partial charge on any atom is 0.408 e. The minimum Gasteiger partial charge on any atom is -0.479 e. The first kappa shape index (κ1) is 14.5. The van der Waals surface area contributed by atoms with Gasteiger partial charge in [-0.1, -0.05) is 30.3 Å². The summed E-state index contributed by atoms with van der Waals surface area (Å²) in [5, 5.41) is 11.5. The van der Waals surface area contributed by atoms with Gasteiger partial charge in [0.25, 0.3) is 0 Å². The zero-order valence-corrected chi connectivity index (χ0v) is 11.1. The highest BCUT2D eigenvalue weighted by molar-refractivity contribution is 5.81. The van der Waals surface area contributed by atoms with Crippen LogP contribution in [0.25, 0.3) is 0 Å². The van der Waals surface area contributed by atoms with Crippen LogP contribution in [0.4, 0.5) is 4.79 Å². The van der Waals surface area contributed by atoms with Gasteiger partial charge in [-0.25, -0.2) is 9.59 Å². The van der Waals surface area contributed by atoms with Crippen molar-refractivity contribution >= 4 is 12.1 Å². The molecule has 6 nitrogen and oxygen atoms in total. The van der Waals surface area contributed by atoms with Crippen molar-refractivity contribution in [3.8, 4) is 0 Å². The molecular formula is C15H14N2O4. The summed E-state index contributed by atoms with van der Waals surface area (Å²) in [5.41, 5.74) is 1.25. The Hall–Kier alpha value is -2.89. The Kier molecular flexibility index (Phi) is 4.87. The van der Waals surface area contributed by atoms with E-state index in [9.17, 15) is 14.7 Å². The van der Waals surface area contributed by atoms with Crippen molar-refractivity contribution < 1.29 is 19.4 Å². The average molecular weight is 286 g/mol. The number of aromatic nitrogens is 1. The van der Waals surface area contributed by atoms with Crippen molar-refractivity contribution in [2.45, 2.75) is 12.6 Å². The summed E-state index contributed by atoms with van der Waals surface area (Å²) < 4.78 is 5.00. The summed E-state index contributed by atoms with van der Waals surface area (Å²) in [7, 11) is 0. The lowest BCUT2D eigenvalue weighted by Crippen LogP contribution is -2.34. The SMILES string of the molecule is O=C(NC(C(=O)O)c1ccncc1)OCc1ccccc1. The summed E-state index contributed by atoms with van der Waals surface area (Å²) >= 11 is 0. The molecule has 21 heavy (non-hydrogen) atoms. The van der Waals surface area contributed by atoms with E-state index in [2.05, 4.69) is 10.3 Å². The fourth-order valence-corrected chi connectivity index (χ4v) is 1.73. The van der Waals surface area contributed by atoms with Crippen LogP contribution in [-0.2, 0) is 16.1 Å². The molecule has 6 heteroatoms. The van der Waals surface area contributed by atoms with Gasteiger partial charge in [0.2, 0.25) is 0 Å². The van der Waals surface area contributed by atoms with E-state index < -0.39 is 18.1 Å². The van der Waals surface area contributed by atoms with Crippen LogP contribution in [0, 0.1) is 0 Å². The van der Waals surface area contributed by atoms with Crippen molar-refractivity contribution in [3.63, 3.8) is 0 Å². The first-order chi connectivity index (χ1) is 10.2. The van der Waals surface area contributed by atoms with Crippen molar-refractivity contribution in [3.05, 3.63) is 66.0 Å². The lowest BCUT2D eigenvalue weighted by Gasteiger charge is -2.14. The van der Waals surface area contributed by atoms with Gasteiger partial charge in [-0.3, -0.25) is 4.98 Å². The third kappa shape index (κ3) is 4.31. The molecule has 0 spiro atoms. The summed E-state index contributed by atoms with van der Waals surface area (Å²) in [6.07, 6.45) is 2.13. The van der Waals surface area contributed by atoms with Gasteiger partial charge >= 0.3 is 12.1 Å². The molecule has 0 saturated carbocycles. The molecule has 1 aromatic heterocycles. The van der Waals surface area contributed by atoms with E-state index in [4.69, 9.17) is 4.74 Å². The minimum absolute atomic E-state index is 0.0787. The number of aliphatic carboxylic acids is 1. The molecule has 1 aromatic carbocycles. The predicted molar refractivity (Wildman–Crippen MR) is 74.4 cm³/mol. The highest BCUT2D eigenvalue weighted by Gasteiger charge is 2.22. The van der Waals surface area contributed by atoms with E-state index in [0.717, 1.165) is 5.56 Å². The monoisotopic (exact) mass is 286 g/mol. The van der Waals surface area contributed by atoms with Gasteiger partial charge in [0.05, 0.1) is 0 Å². The van der Waals surface area contributed by atoms with Crippen LogP contribution >= 0.6 is 0 Å². The number of benzene rings is 1. The number of hydrogen-bond acceptors (Lipinski definition) is 4. The third-order valence-corrected chi connectivity index (χ3v) is 2.76. The molecule has 108 valence electrons. The topological polar surface area (TPSA) is 88.5 Å². The van der Waals surface area contributed by atoms with E-state index >= 15 is 0 Å². The van der Waals surface area contributed by atoms with E-state index in [-0.39, 0.29) is 6.61 Å². The molecule has 0 aliphatic heterocycles. The van der Waals surface area contributed by atoms with Gasteiger partial charge in [-0.2, -0.15) is 0 Å². The van der Waals surface area contributed by atoms with Gasteiger partial charge in [0, 0.05) is 12.4 Å². The van der Waals surface area contributed by atoms with Crippen LogP contribution in [0.15, 0.2) is 54.9 Å². The zero-order valence-electron chi connectivity index (χ0n) is 11.1. The molecule has 2 N–H and O–H groups in total. The Bertz CT molecular complexity index is 602. The molecule has 1 amide bonds. The lowest BCUT2D eigenvalue weighted by molar-refractivity contribution is -0.139. The highest BCUT2D eigenvalue weighted by Crippen LogP contribution is 2.12. The number of hydrogen-bond donors (Lipinski definition) is 2. The predicted octanol–water partition coefficient (Wildman–Crippen LogP) is 2.13. The number of nitrogens with zero attached hydrogens (tertiary/aromatic N) is 1. The van der Waals surface area contributed by atoms with Crippen LogP contribution < -0.4 is 5.32 Å². The van der Waals surface area contributed by atoms with E-state index in [1.807, 2.05) is 30.3 Å². The van der Waals surface area contributed by atoms with Crippen LogP contribution in [0.5, 0.6) is 0 Å². The molecule has 0 saturated heterocycles. The van der Waals surface area contributed by atoms with Crippen LogP contribution in [0.3, 0.4) is 0 Å². The number of nitrogens with one attached hydrogen (secondary N) is 1. The Morgan fingerprint density at radius 2 is 1.81 bits per heavy atom. The normalized spacial score (nSPS) is 11.4. The molecule has 1 unspecified atom stereocenters. The van der Waals surface area contributed by atoms with Crippen molar-refractivity contribution in [1.82, 2.24) is 10.3 Å². The first-order valence-electron chi connectivity index (χ1n) is 6.27. The Balaban J connectivity index is 1.95. The lowest BCUT2D eigenvalue weighted by atomic mass is 10.1. The number of ether oxygens (including phenoxy) is 1. The Morgan fingerprint density at radius 1 is 1.14 bits per heavy atom. The number of carboxylic acids is 1. The second-order valence-electron chi connectivity index (χ2n) is 4.26. The molecule has 1 heterocycles. The van der Waals surface area contributed by atoms with Gasteiger partial charge < -0.3 is 15.2 Å². The third-order valence-electron chi connectivity index (χ3n) is 2.76. The minimum atomic E-state index is -1.17. The molecule has 0 fully saturated rings. The number of rotatable bonds is 5. The number of carboxylic acid groups (broad SMARTS) is 1. The van der Waals surface area contributed by atoms with E-state index in [1.54, 1.807) is 0 Å². The van der Waals surface area contributed by atoms with Crippen molar-refractivity contribution in [1.29, 1.82) is 0 Å². The number of alkyl carbamates (subject to hydrolysis) is 1. The summed E-state index contributed by atoms with van der Waals surface area (Å²) in [5.74, 6) is -1.17. The highest BCUT2D eigenvalue weighted by atomic mass is 16.5. The number of carbonyl (C=O) groups excluding carboxylic acids is 1. The standard InChI is InChI=1S/C15H14N2O4/c18-14(19)13(12-6-8-16-9-7-12)17-15(20)21-10-11-4-2-1-3-5-11/h1-9,13H,10H2,(H,17,20)(H,18,19). The largest absolute Gasteiger partial charge is 0.479 e. The molecule has 0 bridgehead atoms. The smallest absolute Gasteiger partial charge is 0.408 e. The maximum atomic E-state index is 11.7. The molecule has 2 rings (SSSR count). The van der Waals surface area contributed by atoms with Crippen molar-refractivity contribution in [2.24, 2.45) is 0 Å². The second-order valence-corrected chi connectivity index (χ2v) is 4.26. The van der Waals surface area contributed by atoms with Crippen LogP contribution in [0.1, 0.15) is 17.2 Å². The van der Waals surface area contributed by atoms with Crippen LogP contribution in [0.2, 0.25) is 0 Å². The Labute approximate surface area is 121 Å². The second kappa shape index (κ2) is 7.04. The number of amides is 1. The zero-order chi connectivity index (χ0) is 15.1. The number of pyridine rings is 1.